The summed E-state index contributed by atoms with van der Waals surface area (Å²) in [6.07, 6.45) is -0.661. The Morgan fingerprint density at radius 2 is 1.61 bits per heavy atom. The molecular formula is C19H16I2N6O6. The third-order valence-corrected chi connectivity index (χ3v) is 5.72. The van der Waals surface area contributed by atoms with Crippen LogP contribution in [0.15, 0.2) is 36.4 Å². The van der Waals surface area contributed by atoms with Gasteiger partial charge in [-0.15, -0.1) is 0 Å². The van der Waals surface area contributed by atoms with Gasteiger partial charge in [0.2, 0.25) is 0 Å². The number of halogens is 2. The number of rotatable bonds is 2. The van der Waals surface area contributed by atoms with Crippen LogP contribution in [0.3, 0.4) is 0 Å². The Balaban J connectivity index is 0.000000203. The second-order valence-electron chi connectivity index (χ2n) is 7.64. The Bertz CT molecular complexity index is 1390. The fraction of sp³-hybridized carbons (Fsp3) is 0.211. The molecule has 2 aromatic heterocycles. The van der Waals surface area contributed by atoms with Crippen LogP contribution in [0.4, 0.5) is 16.2 Å². The van der Waals surface area contributed by atoms with Crippen LogP contribution in [0.5, 0.6) is 0 Å². The second kappa shape index (κ2) is 9.54. The molecule has 0 saturated heterocycles. The van der Waals surface area contributed by atoms with E-state index in [1.54, 1.807) is 32.9 Å². The first-order valence-electron chi connectivity index (χ1n) is 9.21. The molecule has 1 N–H and O–H groups in total. The predicted octanol–water partition coefficient (Wildman–Crippen LogP) is 5.41. The molecule has 0 atom stereocenters. The number of hydrogen-bond acceptors (Lipinski definition) is 8. The number of non-ortho nitro benzene ring substituents is 2. The first kappa shape index (κ1) is 24.7. The number of carbonyl (C=O) groups excluding carboxylic acids is 1. The Hall–Kier alpha value is -2.89. The minimum atomic E-state index is -0.665. The number of H-pyrrole nitrogens is 1. The highest BCUT2D eigenvalue weighted by Gasteiger charge is 2.22. The van der Waals surface area contributed by atoms with E-state index in [0.717, 1.165) is 13.8 Å². The van der Waals surface area contributed by atoms with Crippen molar-refractivity contribution in [1.82, 2.24) is 20.0 Å². The number of nitro groups is 2. The molecule has 4 rings (SSSR count). The van der Waals surface area contributed by atoms with Crippen LogP contribution in [0.1, 0.15) is 20.8 Å². The molecule has 12 nitrogen and oxygen atoms in total. The summed E-state index contributed by atoms with van der Waals surface area (Å²) >= 11 is 4.06. The maximum absolute atomic E-state index is 12.1. The summed E-state index contributed by atoms with van der Waals surface area (Å²) in [6.45, 7) is 5.22. The van der Waals surface area contributed by atoms with Crippen LogP contribution in [-0.2, 0) is 4.74 Å². The monoisotopic (exact) mass is 678 g/mol. The fourth-order valence-corrected chi connectivity index (χ4v) is 3.95. The van der Waals surface area contributed by atoms with Gasteiger partial charge in [-0.25, -0.2) is 4.79 Å². The van der Waals surface area contributed by atoms with Crippen LogP contribution in [0, 0.1) is 27.6 Å². The standard InChI is InChI=1S/C12H12IN3O4.C7H4IN3O2/c1-12(2,3)20-11(17)15-9-6-7(16(18)19)4-5-8(9)10(13)14-15;8-7-5-2-1-4(11(12)13)3-6(5)9-10-7/h4-6H,1-3H3;1-3H,(H,9,10). The SMILES string of the molecule is CC(C)(C)OC(=O)n1nc(I)c2ccc([N+](=O)[O-])cc21.O=[N+]([O-])c1ccc2c(I)[nH]nc2c1. The summed E-state index contributed by atoms with van der Waals surface area (Å²) in [7, 11) is 0. The zero-order valence-corrected chi connectivity index (χ0v) is 21.7. The van der Waals surface area contributed by atoms with Crippen molar-refractivity contribution in [3.63, 3.8) is 0 Å². The molecule has 0 amide bonds. The molecule has 0 aliphatic carbocycles. The van der Waals surface area contributed by atoms with Gasteiger partial charge in [0, 0.05) is 35.0 Å². The minimum absolute atomic E-state index is 0.0652. The van der Waals surface area contributed by atoms with E-state index in [4.69, 9.17) is 4.74 Å². The summed E-state index contributed by atoms with van der Waals surface area (Å²) < 4.78 is 7.76. The van der Waals surface area contributed by atoms with E-state index in [1.807, 2.05) is 22.6 Å². The molecule has 0 aliphatic rings. The van der Waals surface area contributed by atoms with Crippen molar-refractivity contribution in [1.29, 1.82) is 0 Å². The number of nitrogens with one attached hydrogen (secondary N) is 1. The predicted molar refractivity (Wildman–Crippen MR) is 136 cm³/mol. The number of benzene rings is 2. The van der Waals surface area contributed by atoms with Crippen LogP contribution in [0.2, 0.25) is 0 Å². The smallest absolute Gasteiger partial charge is 0.435 e. The third kappa shape index (κ3) is 5.73. The van der Waals surface area contributed by atoms with Gasteiger partial charge < -0.3 is 4.74 Å². The van der Waals surface area contributed by atoms with Gasteiger partial charge >= 0.3 is 6.09 Å². The van der Waals surface area contributed by atoms with Gasteiger partial charge in [-0.05, 0) is 78.1 Å². The van der Waals surface area contributed by atoms with Crippen LogP contribution in [0.25, 0.3) is 21.8 Å². The van der Waals surface area contributed by atoms with E-state index in [1.165, 1.54) is 24.3 Å². The molecule has 0 saturated carbocycles. The van der Waals surface area contributed by atoms with Gasteiger partial charge in [0.1, 0.15) is 18.5 Å². The molecule has 33 heavy (non-hydrogen) atoms. The average molecular weight is 678 g/mol. The normalized spacial score (nSPS) is 11.2. The summed E-state index contributed by atoms with van der Waals surface area (Å²) in [5.74, 6) is 0. The van der Waals surface area contributed by atoms with Crippen molar-refractivity contribution in [2.24, 2.45) is 0 Å². The van der Waals surface area contributed by atoms with Gasteiger partial charge in [0.15, 0.2) is 0 Å². The van der Waals surface area contributed by atoms with Crippen LogP contribution >= 0.6 is 45.2 Å². The molecule has 0 bridgehead atoms. The summed E-state index contributed by atoms with van der Waals surface area (Å²) in [6, 6.07) is 8.88. The van der Waals surface area contributed by atoms with Crippen molar-refractivity contribution in [2.45, 2.75) is 26.4 Å². The Morgan fingerprint density at radius 1 is 1.03 bits per heavy atom. The third-order valence-electron chi connectivity index (χ3n) is 4.10. The summed E-state index contributed by atoms with van der Waals surface area (Å²) in [5.41, 5.74) is 0.284. The Kier molecular flexibility index (Phi) is 7.15. The topological polar surface area (TPSA) is 159 Å². The van der Waals surface area contributed by atoms with E-state index in [9.17, 15) is 25.0 Å². The maximum atomic E-state index is 12.1. The van der Waals surface area contributed by atoms with E-state index in [0.29, 0.717) is 20.1 Å². The zero-order chi connectivity index (χ0) is 24.5. The van der Waals surface area contributed by atoms with Gasteiger partial charge in [-0.3, -0.25) is 25.3 Å². The molecule has 0 fully saturated rings. The largest absolute Gasteiger partial charge is 0.442 e. The van der Waals surface area contributed by atoms with Crippen molar-refractivity contribution in [3.8, 4) is 0 Å². The Labute approximate surface area is 213 Å². The lowest BCUT2D eigenvalue weighted by Gasteiger charge is -2.19. The second-order valence-corrected chi connectivity index (χ2v) is 9.74. The molecule has 4 aromatic rings. The molecular weight excluding hydrogens is 662 g/mol. The van der Waals surface area contributed by atoms with Crippen molar-refractivity contribution in [3.05, 3.63) is 64.0 Å². The minimum Gasteiger partial charge on any atom is -0.442 e. The number of hydrogen-bond donors (Lipinski definition) is 1. The highest BCUT2D eigenvalue weighted by atomic mass is 127. The lowest BCUT2D eigenvalue weighted by atomic mass is 10.2. The zero-order valence-electron chi connectivity index (χ0n) is 17.4. The first-order chi connectivity index (χ1) is 15.4. The maximum Gasteiger partial charge on any atom is 0.435 e. The van der Waals surface area contributed by atoms with E-state index in [2.05, 4.69) is 37.9 Å². The number of fused-ring (bicyclic) bond motifs is 2. The number of ether oxygens (including phenoxy) is 1. The molecule has 2 aromatic carbocycles. The lowest BCUT2D eigenvalue weighted by Crippen LogP contribution is -2.27. The molecule has 0 spiro atoms. The fourth-order valence-electron chi connectivity index (χ4n) is 2.70. The van der Waals surface area contributed by atoms with Crippen LogP contribution < -0.4 is 0 Å². The lowest BCUT2D eigenvalue weighted by molar-refractivity contribution is -0.384. The number of carbonyl (C=O) groups is 1. The van der Waals surface area contributed by atoms with Crippen molar-refractivity contribution >= 4 is 84.5 Å². The van der Waals surface area contributed by atoms with Crippen molar-refractivity contribution < 1.29 is 19.4 Å². The van der Waals surface area contributed by atoms with E-state index in [-0.39, 0.29) is 11.4 Å². The molecule has 0 aliphatic heterocycles. The first-order valence-corrected chi connectivity index (χ1v) is 11.4. The summed E-state index contributed by atoms with van der Waals surface area (Å²) in [4.78, 5) is 32.4. The van der Waals surface area contributed by atoms with Gasteiger partial charge in [-0.2, -0.15) is 14.9 Å². The molecule has 2 heterocycles. The average Bonchev–Trinajstić information content (AvgIpc) is 3.26. The van der Waals surface area contributed by atoms with E-state index >= 15 is 0 Å². The molecule has 0 radical (unpaired) electrons. The molecule has 172 valence electrons. The molecule has 14 heteroatoms. The number of nitro benzene ring substituents is 2. The Morgan fingerprint density at radius 3 is 2.18 bits per heavy atom. The number of aromatic amines is 1. The number of nitrogens with zero attached hydrogens (tertiary/aromatic N) is 5. The summed E-state index contributed by atoms with van der Waals surface area (Å²) in [5, 5.41) is 33.6. The van der Waals surface area contributed by atoms with E-state index < -0.39 is 21.5 Å². The van der Waals surface area contributed by atoms with Crippen LogP contribution in [-0.4, -0.2) is 41.5 Å². The van der Waals surface area contributed by atoms with Gasteiger partial charge in [0.05, 0.1) is 15.4 Å². The highest BCUT2D eigenvalue weighted by Crippen LogP contribution is 2.26. The van der Waals surface area contributed by atoms with Gasteiger partial charge in [0.25, 0.3) is 11.4 Å². The number of aromatic nitrogens is 4. The highest BCUT2D eigenvalue weighted by molar-refractivity contribution is 14.1. The van der Waals surface area contributed by atoms with Gasteiger partial charge in [-0.1, -0.05) is 0 Å². The quantitative estimate of drug-likeness (QED) is 0.168. The molecule has 0 unspecified atom stereocenters. The van der Waals surface area contributed by atoms with Crippen molar-refractivity contribution in [2.75, 3.05) is 0 Å².